The molecule has 0 amide bonds. The van der Waals surface area contributed by atoms with Crippen LogP contribution in [-0.2, 0) is 9.84 Å². The molecule has 1 fully saturated rings. The number of piperazine rings is 1. The molecule has 2 aromatic rings. The van der Waals surface area contributed by atoms with Crippen molar-refractivity contribution < 1.29 is 21.6 Å². The number of sulfone groups is 1. The molecule has 0 bridgehead atoms. The Hall–Kier alpha value is -2.22. The SMILES string of the molecule is O=S(=O)(c1ccccc1N1CCN(c2ccccc2)CC1)C(F)(F)F. The van der Waals surface area contributed by atoms with Gasteiger partial charge in [-0.05, 0) is 24.3 Å². The molecule has 1 saturated heterocycles. The molecule has 1 aliphatic rings. The zero-order valence-corrected chi connectivity index (χ0v) is 14.1. The summed E-state index contributed by atoms with van der Waals surface area (Å²) in [7, 11) is -5.38. The van der Waals surface area contributed by atoms with Crippen molar-refractivity contribution in [2.45, 2.75) is 10.4 Å². The molecule has 2 aromatic carbocycles. The normalized spacial score (nSPS) is 16.1. The van der Waals surface area contributed by atoms with E-state index in [2.05, 4.69) is 4.90 Å². The lowest BCUT2D eigenvalue weighted by molar-refractivity contribution is -0.0435. The standard InChI is InChI=1S/C17H17F3N2O2S/c18-17(19,20)25(23,24)16-9-5-4-8-15(16)22-12-10-21(11-13-22)14-6-2-1-3-7-14/h1-9H,10-13H2. The van der Waals surface area contributed by atoms with Crippen LogP contribution in [0.1, 0.15) is 0 Å². The maximum Gasteiger partial charge on any atom is 0.501 e. The first kappa shape index (κ1) is 17.6. The van der Waals surface area contributed by atoms with Crippen LogP contribution >= 0.6 is 0 Å². The lowest BCUT2D eigenvalue weighted by Gasteiger charge is -2.38. The molecule has 1 aliphatic heterocycles. The number of hydrogen-bond donors (Lipinski definition) is 0. The van der Waals surface area contributed by atoms with Gasteiger partial charge in [0.15, 0.2) is 0 Å². The zero-order chi connectivity index (χ0) is 18.1. The average molecular weight is 370 g/mol. The molecule has 25 heavy (non-hydrogen) atoms. The van der Waals surface area contributed by atoms with Crippen LogP contribution in [0, 0.1) is 0 Å². The molecule has 134 valence electrons. The van der Waals surface area contributed by atoms with E-state index in [4.69, 9.17) is 0 Å². The molecule has 1 heterocycles. The number of rotatable bonds is 3. The summed E-state index contributed by atoms with van der Waals surface area (Å²) < 4.78 is 62.5. The van der Waals surface area contributed by atoms with E-state index in [9.17, 15) is 21.6 Å². The molecule has 3 rings (SSSR count). The minimum absolute atomic E-state index is 0.104. The van der Waals surface area contributed by atoms with Crippen LogP contribution < -0.4 is 9.80 Å². The summed E-state index contributed by atoms with van der Waals surface area (Å²) in [4.78, 5) is 3.13. The molecule has 0 N–H and O–H groups in total. The fourth-order valence-electron chi connectivity index (χ4n) is 2.91. The monoisotopic (exact) mass is 370 g/mol. The third-order valence-electron chi connectivity index (χ3n) is 4.20. The van der Waals surface area contributed by atoms with Crippen molar-refractivity contribution in [3.8, 4) is 0 Å². The Labute approximate surface area is 144 Å². The number of alkyl halides is 3. The largest absolute Gasteiger partial charge is 0.501 e. The second-order valence-corrected chi connectivity index (χ2v) is 7.64. The first-order valence-electron chi connectivity index (χ1n) is 7.76. The highest BCUT2D eigenvalue weighted by atomic mass is 32.2. The Kier molecular flexibility index (Phi) is 4.64. The quantitative estimate of drug-likeness (QED) is 0.831. The molecular formula is C17H17F3N2O2S. The van der Waals surface area contributed by atoms with Crippen molar-refractivity contribution in [1.29, 1.82) is 0 Å². The van der Waals surface area contributed by atoms with Gasteiger partial charge in [0.05, 0.1) is 10.6 Å². The van der Waals surface area contributed by atoms with Crippen LogP contribution in [0.4, 0.5) is 24.5 Å². The molecule has 8 heteroatoms. The van der Waals surface area contributed by atoms with Crippen molar-refractivity contribution in [2.75, 3.05) is 36.0 Å². The predicted molar refractivity (Wildman–Crippen MR) is 90.6 cm³/mol. The van der Waals surface area contributed by atoms with Gasteiger partial charge in [-0.3, -0.25) is 0 Å². The molecule has 0 radical (unpaired) electrons. The van der Waals surface area contributed by atoms with Crippen molar-refractivity contribution in [2.24, 2.45) is 0 Å². The molecule has 0 atom stereocenters. The number of hydrogen-bond acceptors (Lipinski definition) is 4. The second-order valence-electron chi connectivity index (χ2n) is 5.73. The van der Waals surface area contributed by atoms with Gasteiger partial charge in [0.25, 0.3) is 9.84 Å². The number of para-hydroxylation sites is 2. The highest BCUT2D eigenvalue weighted by Crippen LogP contribution is 2.36. The first-order chi connectivity index (χ1) is 11.8. The van der Waals surface area contributed by atoms with E-state index in [0.717, 1.165) is 11.8 Å². The van der Waals surface area contributed by atoms with Crippen LogP contribution in [0.25, 0.3) is 0 Å². The van der Waals surface area contributed by atoms with E-state index in [1.807, 2.05) is 30.3 Å². The topological polar surface area (TPSA) is 40.6 Å². The van der Waals surface area contributed by atoms with Crippen molar-refractivity contribution in [1.82, 2.24) is 0 Å². The molecular weight excluding hydrogens is 353 g/mol. The summed E-state index contributed by atoms with van der Waals surface area (Å²) in [6.07, 6.45) is 0. The fraction of sp³-hybridized carbons (Fsp3) is 0.294. The maximum atomic E-state index is 12.9. The molecule has 0 unspecified atom stereocenters. The summed E-state index contributed by atoms with van der Waals surface area (Å²) in [5, 5.41) is 0. The van der Waals surface area contributed by atoms with Gasteiger partial charge in [-0.15, -0.1) is 0 Å². The minimum atomic E-state index is -5.38. The van der Waals surface area contributed by atoms with Gasteiger partial charge >= 0.3 is 5.51 Å². The highest BCUT2D eigenvalue weighted by Gasteiger charge is 2.48. The highest BCUT2D eigenvalue weighted by molar-refractivity contribution is 7.92. The lowest BCUT2D eigenvalue weighted by atomic mass is 10.2. The Morgan fingerprint density at radius 1 is 0.760 bits per heavy atom. The first-order valence-corrected chi connectivity index (χ1v) is 9.24. The van der Waals surface area contributed by atoms with Gasteiger partial charge in [0.2, 0.25) is 0 Å². The van der Waals surface area contributed by atoms with Gasteiger partial charge in [0, 0.05) is 31.9 Å². The third-order valence-corrected chi connectivity index (χ3v) is 5.73. The summed E-state index contributed by atoms with van der Waals surface area (Å²) >= 11 is 0. The van der Waals surface area contributed by atoms with Gasteiger partial charge in [-0.2, -0.15) is 13.2 Å². The second kappa shape index (κ2) is 6.59. The van der Waals surface area contributed by atoms with E-state index in [1.165, 1.54) is 12.1 Å². The Bertz CT molecular complexity index is 830. The van der Waals surface area contributed by atoms with Crippen molar-refractivity contribution in [3.05, 3.63) is 54.6 Å². The Morgan fingerprint density at radius 3 is 1.88 bits per heavy atom. The van der Waals surface area contributed by atoms with Crippen LogP contribution in [0.15, 0.2) is 59.5 Å². The van der Waals surface area contributed by atoms with Crippen LogP contribution in [-0.4, -0.2) is 40.1 Å². The number of anilines is 2. The van der Waals surface area contributed by atoms with Crippen LogP contribution in [0.5, 0.6) is 0 Å². The van der Waals surface area contributed by atoms with E-state index in [1.54, 1.807) is 11.0 Å². The summed E-state index contributed by atoms with van der Waals surface area (Å²) in [6, 6.07) is 15.0. The van der Waals surface area contributed by atoms with Gasteiger partial charge < -0.3 is 9.80 Å². The van der Waals surface area contributed by atoms with Crippen molar-refractivity contribution >= 4 is 21.2 Å². The van der Waals surface area contributed by atoms with Crippen LogP contribution in [0.3, 0.4) is 0 Å². The van der Waals surface area contributed by atoms with Gasteiger partial charge in [-0.25, -0.2) is 8.42 Å². The molecule has 4 nitrogen and oxygen atoms in total. The van der Waals surface area contributed by atoms with Crippen molar-refractivity contribution in [3.63, 3.8) is 0 Å². The zero-order valence-electron chi connectivity index (χ0n) is 13.3. The fourth-order valence-corrected chi connectivity index (χ4v) is 3.89. The molecule has 0 aliphatic carbocycles. The summed E-state index contributed by atoms with van der Waals surface area (Å²) in [6.45, 7) is 2.09. The number of halogens is 3. The Morgan fingerprint density at radius 2 is 1.28 bits per heavy atom. The number of nitrogens with zero attached hydrogens (tertiary/aromatic N) is 2. The van der Waals surface area contributed by atoms with Gasteiger partial charge in [-0.1, -0.05) is 30.3 Å². The third kappa shape index (κ3) is 3.44. The Balaban J connectivity index is 1.83. The van der Waals surface area contributed by atoms with E-state index < -0.39 is 20.2 Å². The van der Waals surface area contributed by atoms with E-state index in [-0.39, 0.29) is 5.69 Å². The average Bonchev–Trinajstić information content (AvgIpc) is 2.62. The van der Waals surface area contributed by atoms with Crippen LogP contribution in [0.2, 0.25) is 0 Å². The minimum Gasteiger partial charge on any atom is -0.368 e. The predicted octanol–water partition coefficient (Wildman–Crippen LogP) is 3.31. The summed E-state index contributed by atoms with van der Waals surface area (Å²) in [5.74, 6) is 0. The molecule has 0 saturated carbocycles. The van der Waals surface area contributed by atoms with Gasteiger partial charge in [0.1, 0.15) is 0 Å². The number of benzene rings is 2. The smallest absolute Gasteiger partial charge is 0.368 e. The molecule has 0 aromatic heterocycles. The summed E-state index contributed by atoms with van der Waals surface area (Å²) in [5.41, 5.74) is -4.17. The van der Waals surface area contributed by atoms with E-state index in [0.29, 0.717) is 26.2 Å². The maximum absolute atomic E-state index is 12.9. The lowest BCUT2D eigenvalue weighted by Crippen LogP contribution is -2.47. The molecule has 0 spiro atoms. The van der Waals surface area contributed by atoms with E-state index >= 15 is 0 Å².